The van der Waals surface area contributed by atoms with Gasteiger partial charge in [0.25, 0.3) is 0 Å². The zero-order chi connectivity index (χ0) is 15.7. The van der Waals surface area contributed by atoms with Crippen LogP contribution < -0.4 is 5.32 Å². The lowest BCUT2D eigenvalue weighted by Crippen LogP contribution is -2.19. The first-order chi connectivity index (χ1) is 9.81. The second-order valence-corrected chi connectivity index (χ2v) is 6.05. The minimum absolute atomic E-state index is 0.0698. The minimum atomic E-state index is 0.0698. The van der Waals surface area contributed by atoms with E-state index < -0.39 is 0 Å². The van der Waals surface area contributed by atoms with Crippen LogP contribution in [0.4, 0.5) is 0 Å². The number of aromatic hydroxyl groups is 1. The molecule has 0 bridgehead atoms. The van der Waals surface area contributed by atoms with E-state index in [1.54, 1.807) is 6.07 Å². The van der Waals surface area contributed by atoms with Gasteiger partial charge in [0.2, 0.25) is 0 Å². The van der Waals surface area contributed by atoms with Crippen molar-refractivity contribution >= 4 is 23.2 Å². The standard InChI is InChI=1S/C15H19Cl2N3O/c1-8(14-9(2)19-20(4)10(14)3)18-7-11-5-12(16)6-13(17)15(11)21/h5-6,8,18,21H,7H2,1-4H3. The van der Waals surface area contributed by atoms with Gasteiger partial charge in [0, 0.05) is 41.5 Å². The predicted molar refractivity (Wildman–Crippen MR) is 86.1 cm³/mol. The number of hydrogen-bond donors (Lipinski definition) is 2. The Morgan fingerprint density at radius 3 is 2.57 bits per heavy atom. The van der Waals surface area contributed by atoms with Gasteiger partial charge < -0.3 is 10.4 Å². The Morgan fingerprint density at radius 1 is 1.33 bits per heavy atom. The van der Waals surface area contributed by atoms with Crippen molar-refractivity contribution in [3.8, 4) is 5.75 Å². The zero-order valence-electron chi connectivity index (χ0n) is 12.5. The molecule has 0 aliphatic rings. The van der Waals surface area contributed by atoms with Crippen molar-refractivity contribution in [3.05, 3.63) is 44.7 Å². The maximum Gasteiger partial charge on any atom is 0.138 e. The van der Waals surface area contributed by atoms with Crippen LogP contribution in [0.1, 0.15) is 35.5 Å². The number of benzene rings is 1. The highest BCUT2D eigenvalue weighted by Crippen LogP contribution is 2.31. The van der Waals surface area contributed by atoms with Crippen molar-refractivity contribution in [2.24, 2.45) is 7.05 Å². The third-order valence-corrected chi connectivity index (χ3v) is 4.21. The topological polar surface area (TPSA) is 50.1 Å². The SMILES string of the molecule is Cc1nn(C)c(C)c1C(C)NCc1cc(Cl)cc(Cl)c1O. The van der Waals surface area contributed by atoms with Crippen LogP contribution in [0.3, 0.4) is 0 Å². The summed E-state index contributed by atoms with van der Waals surface area (Å²) in [5, 5.41) is 18.5. The van der Waals surface area contributed by atoms with Crippen LogP contribution in [-0.4, -0.2) is 14.9 Å². The molecule has 2 N–H and O–H groups in total. The number of rotatable bonds is 4. The first kappa shape index (κ1) is 16.1. The van der Waals surface area contributed by atoms with Crippen LogP contribution in [0.25, 0.3) is 0 Å². The quantitative estimate of drug-likeness (QED) is 0.895. The second-order valence-electron chi connectivity index (χ2n) is 5.21. The fourth-order valence-electron chi connectivity index (χ4n) is 2.54. The summed E-state index contributed by atoms with van der Waals surface area (Å²) in [6.07, 6.45) is 0. The number of aryl methyl sites for hydroxylation is 2. The van der Waals surface area contributed by atoms with Gasteiger partial charge in [-0.15, -0.1) is 0 Å². The van der Waals surface area contributed by atoms with Crippen molar-refractivity contribution in [2.75, 3.05) is 0 Å². The summed E-state index contributed by atoms with van der Waals surface area (Å²) in [7, 11) is 1.93. The van der Waals surface area contributed by atoms with E-state index in [-0.39, 0.29) is 16.8 Å². The highest BCUT2D eigenvalue weighted by atomic mass is 35.5. The molecule has 1 aromatic carbocycles. The third-order valence-electron chi connectivity index (χ3n) is 3.70. The molecule has 0 aliphatic heterocycles. The summed E-state index contributed by atoms with van der Waals surface area (Å²) >= 11 is 11.9. The van der Waals surface area contributed by atoms with E-state index in [0.717, 1.165) is 11.4 Å². The van der Waals surface area contributed by atoms with E-state index >= 15 is 0 Å². The van der Waals surface area contributed by atoms with Crippen LogP contribution in [0.15, 0.2) is 12.1 Å². The summed E-state index contributed by atoms with van der Waals surface area (Å²) in [6, 6.07) is 3.35. The molecule has 1 heterocycles. The molecule has 2 rings (SSSR count). The average Bonchev–Trinajstić information content (AvgIpc) is 2.65. The van der Waals surface area contributed by atoms with E-state index in [9.17, 15) is 5.11 Å². The largest absolute Gasteiger partial charge is 0.506 e. The molecule has 114 valence electrons. The third kappa shape index (κ3) is 3.34. The molecule has 0 amide bonds. The summed E-state index contributed by atoms with van der Waals surface area (Å²) in [6.45, 7) is 6.58. The van der Waals surface area contributed by atoms with Gasteiger partial charge >= 0.3 is 0 Å². The second kappa shape index (κ2) is 6.26. The molecule has 21 heavy (non-hydrogen) atoms. The van der Waals surface area contributed by atoms with Gasteiger partial charge in [-0.3, -0.25) is 4.68 Å². The number of halogens is 2. The Balaban J connectivity index is 2.16. The van der Waals surface area contributed by atoms with E-state index in [4.69, 9.17) is 23.2 Å². The number of phenols is 1. The molecule has 0 aliphatic carbocycles. The molecule has 0 radical (unpaired) electrons. The normalized spacial score (nSPS) is 12.7. The lowest BCUT2D eigenvalue weighted by molar-refractivity contribution is 0.460. The Bertz CT molecular complexity index is 667. The molecule has 0 fully saturated rings. The van der Waals surface area contributed by atoms with Crippen molar-refractivity contribution in [3.63, 3.8) is 0 Å². The van der Waals surface area contributed by atoms with Gasteiger partial charge in [-0.25, -0.2) is 0 Å². The lowest BCUT2D eigenvalue weighted by Gasteiger charge is -2.16. The number of aromatic nitrogens is 2. The Labute approximate surface area is 134 Å². The lowest BCUT2D eigenvalue weighted by atomic mass is 10.1. The molecule has 1 unspecified atom stereocenters. The molecule has 0 saturated carbocycles. The highest BCUT2D eigenvalue weighted by molar-refractivity contribution is 6.35. The minimum Gasteiger partial charge on any atom is -0.506 e. The molecule has 0 saturated heterocycles. The van der Waals surface area contributed by atoms with Gasteiger partial charge in [0.1, 0.15) is 5.75 Å². The molecule has 1 aromatic heterocycles. The van der Waals surface area contributed by atoms with E-state index in [0.29, 0.717) is 17.1 Å². The number of nitrogens with one attached hydrogen (secondary N) is 1. The molecule has 0 spiro atoms. The first-order valence-corrected chi connectivity index (χ1v) is 7.47. The van der Waals surface area contributed by atoms with Crippen molar-refractivity contribution in [1.82, 2.24) is 15.1 Å². The fourth-order valence-corrected chi connectivity index (χ4v) is 3.07. The predicted octanol–water partition coefficient (Wildman–Crippen LogP) is 3.90. The van der Waals surface area contributed by atoms with Gasteiger partial charge in [-0.05, 0) is 32.9 Å². The molecular weight excluding hydrogens is 309 g/mol. The van der Waals surface area contributed by atoms with Crippen LogP contribution in [-0.2, 0) is 13.6 Å². The van der Waals surface area contributed by atoms with Gasteiger partial charge in [0.05, 0.1) is 10.7 Å². The van der Waals surface area contributed by atoms with Crippen LogP contribution in [0.2, 0.25) is 10.0 Å². The van der Waals surface area contributed by atoms with E-state index in [2.05, 4.69) is 17.3 Å². The average molecular weight is 328 g/mol. The first-order valence-electron chi connectivity index (χ1n) is 6.71. The van der Waals surface area contributed by atoms with Gasteiger partial charge in [0.15, 0.2) is 0 Å². The zero-order valence-corrected chi connectivity index (χ0v) is 14.0. The summed E-state index contributed by atoms with van der Waals surface area (Å²) in [4.78, 5) is 0. The molecule has 4 nitrogen and oxygen atoms in total. The Kier molecular flexibility index (Phi) is 4.81. The van der Waals surface area contributed by atoms with Gasteiger partial charge in [-0.1, -0.05) is 23.2 Å². The number of nitrogens with zero attached hydrogens (tertiary/aromatic N) is 2. The summed E-state index contributed by atoms with van der Waals surface area (Å²) in [5.41, 5.74) is 3.98. The maximum atomic E-state index is 9.97. The smallest absolute Gasteiger partial charge is 0.138 e. The van der Waals surface area contributed by atoms with Gasteiger partial charge in [-0.2, -0.15) is 5.10 Å². The summed E-state index contributed by atoms with van der Waals surface area (Å²) in [5.74, 6) is 0.0698. The van der Waals surface area contributed by atoms with Crippen molar-refractivity contribution in [2.45, 2.75) is 33.4 Å². The van der Waals surface area contributed by atoms with Crippen molar-refractivity contribution < 1.29 is 5.11 Å². The number of phenolic OH excluding ortho intramolecular Hbond substituents is 1. The fraction of sp³-hybridized carbons (Fsp3) is 0.400. The highest BCUT2D eigenvalue weighted by Gasteiger charge is 2.16. The van der Waals surface area contributed by atoms with Crippen LogP contribution in [0.5, 0.6) is 5.75 Å². The number of hydrogen-bond acceptors (Lipinski definition) is 3. The van der Waals surface area contributed by atoms with Crippen LogP contribution >= 0.6 is 23.2 Å². The van der Waals surface area contributed by atoms with E-state index in [1.807, 2.05) is 25.6 Å². The molecular formula is C15H19Cl2N3O. The molecule has 1 atom stereocenters. The van der Waals surface area contributed by atoms with E-state index in [1.165, 1.54) is 11.6 Å². The Morgan fingerprint density at radius 2 is 2.00 bits per heavy atom. The Hall–Kier alpha value is -1.23. The summed E-state index contributed by atoms with van der Waals surface area (Å²) < 4.78 is 1.87. The monoisotopic (exact) mass is 327 g/mol. The molecule has 2 aromatic rings. The van der Waals surface area contributed by atoms with Crippen LogP contribution in [0, 0.1) is 13.8 Å². The van der Waals surface area contributed by atoms with Crippen molar-refractivity contribution in [1.29, 1.82) is 0 Å². The molecule has 6 heteroatoms. The maximum absolute atomic E-state index is 9.97.